The molecule has 0 spiro atoms. The van der Waals surface area contributed by atoms with Gasteiger partial charge in [-0.05, 0) is 44.2 Å². The van der Waals surface area contributed by atoms with Crippen LogP contribution >= 0.6 is 0 Å². The Balaban J connectivity index is 1.45. The number of piperidine rings is 1. The van der Waals surface area contributed by atoms with Crippen LogP contribution in [0.4, 0.5) is 10.5 Å². The molecule has 2 aliphatic rings. The third kappa shape index (κ3) is 4.59. The molecule has 0 aromatic heterocycles. The summed E-state index contributed by atoms with van der Waals surface area (Å²) >= 11 is 0. The van der Waals surface area contributed by atoms with Crippen molar-refractivity contribution in [2.45, 2.75) is 44.6 Å². The number of hydrogen-bond donors (Lipinski definition) is 1. The van der Waals surface area contributed by atoms with Gasteiger partial charge in [0.1, 0.15) is 0 Å². The van der Waals surface area contributed by atoms with Gasteiger partial charge >= 0.3 is 12.0 Å². The van der Waals surface area contributed by atoms with Crippen molar-refractivity contribution in [1.82, 2.24) is 4.90 Å². The average molecular weight is 344 g/mol. The lowest BCUT2D eigenvalue weighted by Gasteiger charge is -2.32. The number of benzene rings is 1. The molecule has 6 nitrogen and oxygen atoms in total. The van der Waals surface area contributed by atoms with E-state index in [-0.39, 0.29) is 23.7 Å². The zero-order valence-corrected chi connectivity index (χ0v) is 14.3. The van der Waals surface area contributed by atoms with E-state index in [1.165, 1.54) is 0 Å². The van der Waals surface area contributed by atoms with Gasteiger partial charge in [0.25, 0.3) is 0 Å². The molecule has 1 N–H and O–H groups in total. The third-order valence-corrected chi connectivity index (χ3v) is 4.90. The van der Waals surface area contributed by atoms with Gasteiger partial charge < -0.3 is 15.0 Å². The Kier molecular flexibility index (Phi) is 5.68. The van der Waals surface area contributed by atoms with Crippen LogP contribution in [0.3, 0.4) is 0 Å². The molecule has 25 heavy (non-hydrogen) atoms. The second-order valence-corrected chi connectivity index (χ2v) is 6.70. The molecule has 0 radical (unpaired) electrons. The highest BCUT2D eigenvalue weighted by molar-refractivity contribution is 5.89. The van der Waals surface area contributed by atoms with Gasteiger partial charge in [-0.15, -0.1) is 0 Å². The maximum Gasteiger partial charge on any atom is 0.321 e. The number of nitrogens with one attached hydrogen (secondary N) is 1. The van der Waals surface area contributed by atoms with Crippen molar-refractivity contribution in [2.75, 3.05) is 18.4 Å². The molecular formula is C19H24N2O4. The first kappa shape index (κ1) is 17.5. The van der Waals surface area contributed by atoms with Crippen LogP contribution in [0.5, 0.6) is 0 Å². The molecule has 1 aliphatic heterocycles. The summed E-state index contributed by atoms with van der Waals surface area (Å²) in [7, 11) is 0. The van der Waals surface area contributed by atoms with Crippen molar-refractivity contribution in [3.8, 4) is 0 Å². The SMILES string of the molecule is O=C(O[C@@H]1CCCCC1=O)C1CCN(C(=O)Nc2ccccc2)CC1. The van der Waals surface area contributed by atoms with Crippen molar-refractivity contribution < 1.29 is 19.1 Å². The summed E-state index contributed by atoms with van der Waals surface area (Å²) in [4.78, 5) is 38.0. The number of carbonyl (C=O) groups excluding carboxylic acids is 3. The number of para-hydroxylation sites is 1. The van der Waals surface area contributed by atoms with Gasteiger partial charge in [-0.3, -0.25) is 9.59 Å². The Bertz CT molecular complexity index is 624. The molecule has 0 bridgehead atoms. The number of anilines is 1. The number of rotatable bonds is 3. The van der Waals surface area contributed by atoms with E-state index >= 15 is 0 Å². The predicted octanol–water partition coefficient (Wildman–Crippen LogP) is 2.99. The quantitative estimate of drug-likeness (QED) is 0.855. The highest BCUT2D eigenvalue weighted by Gasteiger charge is 2.32. The molecule has 1 saturated carbocycles. The van der Waals surface area contributed by atoms with Gasteiger partial charge in [-0.1, -0.05) is 18.2 Å². The van der Waals surface area contributed by atoms with Crippen molar-refractivity contribution in [3.05, 3.63) is 30.3 Å². The normalized spacial score (nSPS) is 21.7. The van der Waals surface area contributed by atoms with Crippen LogP contribution in [-0.4, -0.2) is 41.9 Å². The molecule has 2 fully saturated rings. The zero-order valence-electron chi connectivity index (χ0n) is 14.3. The van der Waals surface area contributed by atoms with Crippen molar-refractivity contribution in [2.24, 2.45) is 5.92 Å². The maximum absolute atomic E-state index is 12.3. The Morgan fingerprint density at radius 3 is 2.44 bits per heavy atom. The number of hydrogen-bond acceptors (Lipinski definition) is 4. The van der Waals surface area contributed by atoms with E-state index in [0.717, 1.165) is 18.5 Å². The number of carbonyl (C=O) groups is 3. The Morgan fingerprint density at radius 2 is 1.76 bits per heavy atom. The minimum atomic E-state index is -0.555. The highest BCUT2D eigenvalue weighted by Crippen LogP contribution is 2.23. The number of amides is 2. The number of urea groups is 1. The number of nitrogens with zero attached hydrogens (tertiary/aromatic N) is 1. The third-order valence-electron chi connectivity index (χ3n) is 4.90. The van der Waals surface area contributed by atoms with Gasteiger partial charge in [-0.2, -0.15) is 0 Å². The van der Waals surface area contributed by atoms with Gasteiger partial charge in [0, 0.05) is 25.2 Å². The molecule has 1 aliphatic carbocycles. The number of ketones is 1. The summed E-state index contributed by atoms with van der Waals surface area (Å²) < 4.78 is 5.43. The second-order valence-electron chi connectivity index (χ2n) is 6.70. The van der Waals surface area contributed by atoms with E-state index in [9.17, 15) is 14.4 Å². The van der Waals surface area contributed by atoms with Gasteiger partial charge in [0.05, 0.1) is 5.92 Å². The number of ether oxygens (including phenoxy) is 1. The molecule has 0 unspecified atom stereocenters. The van der Waals surface area contributed by atoms with Crippen LogP contribution in [0.15, 0.2) is 30.3 Å². The Labute approximate surface area is 147 Å². The summed E-state index contributed by atoms with van der Waals surface area (Å²) in [5.74, 6) is -0.474. The standard InChI is InChI=1S/C19H24N2O4/c22-16-8-4-5-9-17(16)25-18(23)14-10-12-21(13-11-14)19(24)20-15-6-2-1-3-7-15/h1-3,6-7,14,17H,4-5,8-13H2,(H,20,24)/t17-/m1/s1. The van der Waals surface area contributed by atoms with Crippen LogP contribution in [0.25, 0.3) is 0 Å². The van der Waals surface area contributed by atoms with Crippen LogP contribution in [0.2, 0.25) is 0 Å². The lowest BCUT2D eigenvalue weighted by atomic mass is 9.94. The summed E-state index contributed by atoms with van der Waals surface area (Å²) in [6.07, 6.45) is 3.56. The zero-order chi connectivity index (χ0) is 17.6. The highest BCUT2D eigenvalue weighted by atomic mass is 16.5. The van der Waals surface area contributed by atoms with E-state index in [1.54, 1.807) is 4.90 Å². The molecule has 3 rings (SSSR count). The summed E-state index contributed by atoms with van der Waals surface area (Å²) in [6, 6.07) is 9.14. The molecule has 1 heterocycles. The molecular weight excluding hydrogens is 320 g/mol. The van der Waals surface area contributed by atoms with E-state index in [0.29, 0.717) is 38.8 Å². The van der Waals surface area contributed by atoms with Crippen LogP contribution in [-0.2, 0) is 14.3 Å². The Hall–Kier alpha value is -2.37. The predicted molar refractivity (Wildman–Crippen MR) is 93.1 cm³/mol. The lowest BCUT2D eigenvalue weighted by Crippen LogP contribution is -2.43. The largest absolute Gasteiger partial charge is 0.454 e. The first-order chi connectivity index (χ1) is 12.1. The monoisotopic (exact) mass is 344 g/mol. The first-order valence-corrected chi connectivity index (χ1v) is 8.97. The molecule has 134 valence electrons. The first-order valence-electron chi connectivity index (χ1n) is 8.97. The topological polar surface area (TPSA) is 75.7 Å². The lowest BCUT2D eigenvalue weighted by molar-refractivity contribution is -0.161. The summed E-state index contributed by atoms with van der Waals surface area (Å²) in [6.45, 7) is 1.02. The fourth-order valence-corrected chi connectivity index (χ4v) is 3.35. The van der Waals surface area contributed by atoms with E-state index in [1.807, 2.05) is 30.3 Å². The van der Waals surface area contributed by atoms with Crippen molar-refractivity contribution >= 4 is 23.5 Å². The number of Topliss-reactive ketones (excluding diaryl/α,β-unsaturated/α-hetero) is 1. The molecule has 1 saturated heterocycles. The maximum atomic E-state index is 12.3. The molecule has 6 heteroatoms. The van der Waals surface area contributed by atoms with E-state index in [2.05, 4.69) is 5.32 Å². The smallest absolute Gasteiger partial charge is 0.321 e. The van der Waals surface area contributed by atoms with Crippen LogP contribution in [0, 0.1) is 5.92 Å². The van der Waals surface area contributed by atoms with E-state index < -0.39 is 6.10 Å². The molecule has 1 aromatic carbocycles. The van der Waals surface area contributed by atoms with Crippen molar-refractivity contribution in [1.29, 1.82) is 0 Å². The van der Waals surface area contributed by atoms with Crippen LogP contribution in [0.1, 0.15) is 38.5 Å². The minimum absolute atomic E-state index is 0.0410. The average Bonchev–Trinajstić information content (AvgIpc) is 2.64. The number of likely N-dealkylation sites (tertiary alicyclic amines) is 1. The molecule has 2 amide bonds. The minimum Gasteiger partial charge on any atom is -0.454 e. The van der Waals surface area contributed by atoms with Gasteiger partial charge in [-0.25, -0.2) is 4.79 Å². The fraction of sp³-hybridized carbons (Fsp3) is 0.526. The molecule has 1 aromatic rings. The van der Waals surface area contributed by atoms with Crippen molar-refractivity contribution in [3.63, 3.8) is 0 Å². The van der Waals surface area contributed by atoms with E-state index in [4.69, 9.17) is 4.74 Å². The molecule has 1 atom stereocenters. The fourth-order valence-electron chi connectivity index (χ4n) is 3.35. The number of esters is 1. The summed E-state index contributed by atoms with van der Waals surface area (Å²) in [5, 5.41) is 2.85. The summed E-state index contributed by atoms with van der Waals surface area (Å²) in [5.41, 5.74) is 0.754. The second kappa shape index (κ2) is 8.14. The van der Waals surface area contributed by atoms with Crippen LogP contribution < -0.4 is 5.32 Å². The van der Waals surface area contributed by atoms with Gasteiger partial charge in [0.15, 0.2) is 11.9 Å². The van der Waals surface area contributed by atoms with Gasteiger partial charge in [0.2, 0.25) is 0 Å². The Morgan fingerprint density at radius 1 is 1.04 bits per heavy atom.